The van der Waals surface area contributed by atoms with Crippen LogP contribution in [-0.2, 0) is 17.8 Å². The maximum Gasteiger partial charge on any atom is 0.127 e. The molecule has 0 aliphatic carbocycles. The van der Waals surface area contributed by atoms with E-state index in [1.807, 2.05) is 26.1 Å². The lowest BCUT2D eigenvalue weighted by molar-refractivity contribution is 0.120. The van der Waals surface area contributed by atoms with Crippen LogP contribution in [0.5, 0.6) is 0 Å². The van der Waals surface area contributed by atoms with Crippen LogP contribution in [0.1, 0.15) is 25.0 Å². The number of hydrogen-bond acceptors (Lipinski definition) is 3. The Morgan fingerprint density at radius 2 is 2.11 bits per heavy atom. The highest BCUT2D eigenvalue weighted by Gasteiger charge is 2.07. The van der Waals surface area contributed by atoms with E-state index in [1.165, 1.54) is 0 Å². The zero-order valence-corrected chi connectivity index (χ0v) is 12.2. The van der Waals surface area contributed by atoms with E-state index in [4.69, 9.17) is 4.74 Å². The monoisotopic (exact) mass is 268 g/mol. The zero-order chi connectivity index (χ0) is 14.1. The standard InChI is InChI=1S/C15H25FN2O/c1-4-17-11-13-6-7-15(16)14(10-13)12-18(3)8-9-19-5-2/h6-7,10,17H,4-5,8-9,11-12H2,1-3H3. The van der Waals surface area contributed by atoms with Crippen LogP contribution in [0.15, 0.2) is 18.2 Å². The molecular weight excluding hydrogens is 243 g/mol. The topological polar surface area (TPSA) is 24.5 Å². The van der Waals surface area contributed by atoms with Gasteiger partial charge in [0.25, 0.3) is 0 Å². The van der Waals surface area contributed by atoms with Gasteiger partial charge in [-0.25, -0.2) is 4.39 Å². The molecule has 0 heterocycles. The van der Waals surface area contributed by atoms with Gasteiger partial charge in [0.2, 0.25) is 0 Å². The van der Waals surface area contributed by atoms with Gasteiger partial charge in [-0.3, -0.25) is 4.90 Å². The summed E-state index contributed by atoms with van der Waals surface area (Å²) < 4.78 is 19.1. The Hall–Kier alpha value is -0.970. The molecule has 0 spiro atoms. The first-order valence-electron chi connectivity index (χ1n) is 6.91. The second kappa shape index (κ2) is 9.02. The fourth-order valence-corrected chi connectivity index (χ4v) is 1.86. The van der Waals surface area contributed by atoms with E-state index in [1.54, 1.807) is 6.07 Å². The summed E-state index contributed by atoms with van der Waals surface area (Å²) in [6.45, 7) is 8.57. The molecule has 1 aromatic rings. The summed E-state index contributed by atoms with van der Waals surface area (Å²) in [6, 6.07) is 5.33. The second-order valence-electron chi connectivity index (χ2n) is 4.64. The Morgan fingerprint density at radius 1 is 1.32 bits per heavy atom. The molecule has 0 saturated heterocycles. The SMILES string of the molecule is CCNCc1ccc(F)c(CN(C)CCOCC)c1. The van der Waals surface area contributed by atoms with Crippen molar-refractivity contribution in [3.63, 3.8) is 0 Å². The Bertz CT molecular complexity index is 371. The van der Waals surface area contributed by atoms with Gasteiger partial charge in [-0.1, -0.05) is 19.1 Å². The molecule has 0 amide bonds. The fraction of sp³-hybridized carbons (Fsp3) is 0.600. The fourth-order valence-electron chi connectivity index (χ4n) is 1.86. The molecule has 0 aromatic heterocycles. The lowest BCUT2D eigenvalue weighted by Crippen LogP contribution is -2.23. The number of nitrogens with zero attached hydrogens (tertiary/aromatic N) is 1. The van der Waals surface area contributed by atoms with Crippen molar-refractivity contribution in [3.8, 4) is 0 Å². The summed E-state index contributed by atoms with van der Waals surface area (Å²) >= 11 is 0. The summed E-state index contributed by atoms with van der Waals surface area (Å²) in [5.74, 6) is -0.136. The first-order valence-corrected chi connectivity index (χ1v) is 6.91. The molecule has 0 saturated carbocycles. The first-order chi connectivity index (χ1) is 9.17. The molecule has 1 aromatic carbocycles. The molecule has 3 nitrogen and oxygen atoms in total. The second-order valence-corrected chi connectivity index (χ2v) is 4.64. The minimum Gasteiger partial charge on any atom is -0.380 e. The summed E-state index contributed by atoms with van der Waals surface area (Å²) in [4.78, 5) is 2.07. The molecular formula is C15H25FN2O. The maximum absolute atomic E-state index is 13.8. The van der Waals surface area contributed by atoms with Gasteiger partial charge in [0.05, 0.1) is 6.61 Å². The average Bonchev–Trinajstić information content (AvgIpc) is 2.40. The highest BCUT2D eigenvalue weighted by Crippen LogP contribution is 2.12. The molecule has 0 radical (unpaired) electrons. The lowest BCUT2D eigenvalue weighted by Gasteiger charge is -2.17. The van der Waals surface area contributed by atoms with Crippen molar-refractivity contribution in [1.29, 1.82) is 0 Å². The molecule has 0 aliphatic heterocycles. The van der Waals surface area contributed by atoms with Gasteiger partial charge < -0.3 is 10.1 Å². The molecule has 1 N–H and O–H groups in total. The number of likely N-dealkylation sites (N-methyl/N-ethyl adjacent to an activating group) is 1. The van der Waals surface area contributed by atoms with E-state index in [9.17, 15) is 4.39 Å². The first kappa shape index (κ1) is 16.1. The van der Waals surface area contributed by atoms with Crippen molar-refractivity contribution >= 4 is 0 Å². The third-order valence-corrected chi connectivity index (χ3v) is 2.95. The molecule has 1 rings (SSSR count). The van der Waals surface area contributed by atoms with E-state index >= 15 is 0 Å². The van der Waals surface area contributed by atoms with Crippen LogP contribution in [0.3, 0.4) is 0 Å². The quantitative estimate of drug-likeness (QED) is 0.696. The van der Waals surface area contributed by atoms with E-state index in [-0.39, 0.29) is 5.82 Å². The van der Waals surface area contributed by atoms with Gasteiger partial charge in [0.15, 0.2) is 0 Å². The van der Waals surface area contributed by atoms with Crippen molar-refractivity contribution in [1.82, 2.24) is 10.2 Å². The number of benzene rings is 1. The van der Waals surface area contributed by atoms with Crippen molar-refractivity contribution in [2.75, 3.05) is 33.4 Å². The van der Waals surface area contributed by atoms with Crippen LogP contribution < -0.4 is 5.32 Å². The van der Waals surface area contributed by atoms with Crippen molar-refractivity contribution < 1.29 is 9.13 Å². The largest absolute Gasteiger partial charge is 0.380 e. The van der Waals surface area contributed by atoms with E-state index in [0.717, 1.165) is 37.4 Å². The van der Waals surface area contributed by atoms with E-state index in [2.05, 4.69) is 17.1 Å². The van der Waals surface area contributed by atoms with Crippen LogP contribution in [0.4, 0.5) is 4.39 Å². The van der Waals surface area contributed by atoms with Gasteiger partial charge in [-0.15, -0.1) is 0 Å². The Labute approximate surface area is 115 Å². The van der Waals surface area contributed by atoms with Gasteiger partial charge in [0.1, 0.15) is 5.82 Å². The van der Waals surface area contributed by atoms with Crippen LogP contribution in [0.25, 0.3) is 0 Å². The number of nitrogens with one attached hydrogen (secondary N) is 1. The summed E-state index contributed by atoms with van der Waals surface area (Å²) in [5, 5.41) is 3.25. The van der Waals surface area contributed by atoms with Crippen LogP contribution in [0.2, 0.25) is 0 Å². The number of halogens is 1. The van der Waals surface area contributed by atoms with Gasteiger partial charge in [-0.2, -0.15) is 0 Å². The Balaban J connectivity index is 2.55. The lowest BCUT2D eigenvalue weighted by atomic mass is 10.1. The van der Waals surface area contributed by atoms with Gasteiger partial charge in [-0.05, 0) is 32.1 Å². The van der Waals surface area contributed by atoms with E-state index < -0.39 is 0 Å². The predicted molar refractivity (Wildman–Crippen MR) is 76.6 cm³/mol. The van der Waals surface area contributed by atoms with Crippen LogP contribution >= 0.6 is 0 Å². The minimum absolute atomic E-state index is 0.136. The van der Waals surface area contributed by atoms with Crippen molar-refractivity contribution in [2.45, 2.75) is 26.9 Å². The summed E-state index contributed by atoms with van der Waals surface area (Å²) in [6.07, 6.45) is 0. The molecule has 108 valence electrons. The van der Waals surface area contributed by atoms with Gasteiger partial charge >= 0.3 is 0 Å². The molecule has 0 bridgehead atoms. The molecule has 19 heavy (non-hydrogen) atoms. The summed E-state index contributed by atoms with van der Waals surface area (Å²) in [7, 11) is 1.98. The average molecular weight is 268 g/mol. The third kappa shape index (κ3) is 6.14. The van der Waals surface area contributed by atoms with Crippen molar-refractivity contribution in [2.24, 2.45) is 0 Å². The summed E-state index contributed by atoms with van der Waals surface area (Å²) in [5.41, 5.74) is 1.87. The Morgan fingerprint density at radius 3 is 2.79 bits per heavy atom. The normalized spacial score (nSPS) is 11.2. The highest BCUT2D eigenvalue weighted by atomic mass is 19.1. The number of hydrogen-bond donors (Lipinski definition) is 1. The van der Waals surface area contributed by atoms with Crippen LogP contribution in [0, 0.1) is 5.82 Å². The third-order valence-electron chi connectivity index (χ3n) is 2.95. The smallest absolute Gasteiger partial charge is 0.127 e. The Kier molecular flexibility index (Phi) is 7.63. The van der Waals surface area contributed by atoms with E-state index in [0.29, 0.717) is 13.2 Å². The van der Waals surface area contributed by atoms with Crippen molar-refractivity contribution in [3.05, 3.63) is 35.1 Å². The van der Waals surface area contributed by atoms with Gasteiger partial charge in [0, 0.05) is 31.8 Å². The molecule has 0 fully saturated rings. The molecule has 0 aliphatic rings. The minimum atomic E-state index is -0.136. The molecule has 4 heteroatoms. The number of rotatable bonds is 9. The highest BCUT2D eigenvalue weighted by molar-refractivity contribution is 5.25. The maximum atomic E-state index is 13.8. The number of ether oxygens (including phenoxy) is 1. The molecule has 0 unspecified atom stereocenters. The predicted octanol–water partition coefficient (Wildman–Crippen LogP) is 2.40. The van der Waals surface area contributed by atoms with Crippen LogP contribution in [-0.4, -0.2) is 38.3 Å². The zero-order valence-electron chi connectivity index (χ0n) is 12.2. The molecule has 0 atom stereocenters.